The Balaban J connectivity index is 1.67. The first-order valence-corrected chi connectivity index (χ1v) is 9.91. The molecular weight excluding hydrogens is 406 g/mol. The average Bonchev–Trinajstić information content (AvgIpc) is 3.43. The number of carbonyl (C=O) groups is 2. The highest BCUT2D eigenvalue weighted by molar-refractivity contribution is 7.80. The van der Waals surface area contributed by atoms with E-state index in [1.165, 1.54) is 25.2 Å². The molecule has 4 rings (SSSR count). The van der Waals surface area contributed by atoms with E-state index < -0.39 is 11.8 Å². The number of methoxy groups -OCH3 is 2. The molecule has 2 saturated heterocycles. The number of nitrogens with zero attached hydrogens (tertiary/aromatic N) is 2. The van der Waals surface area contributed by atoms with Gasteiger partial charge in [-0.05, 0) is 49.3 Å². The topological polar surface area (TPSA) is 84.2 Å². The third kappa shape index (κ3) is 3.63. The second-order valence-electron chi connectivity index (χ2n) is 6.87. The molecule has 0 spiro atoms. The maximum absolute atomic E-state index is 13.2. The first-order valence-electron chi connectivity index (χ1n) is 9.50. The smallest absolute Gasteiger partial charge is 0.270 e. The number of furan rings is 1. The van der Waals surface area contributed by atoms with Crippen LogP contribution < -0.4 is 24.6 Å². The second-order valence-corrected chi connectivity index (χ2v) is 7.25. The lowest BCUT2D eigenvalue weighted by atomic mass is 10.1. The van der Waals surface area contributed by atoms with E-state index in [9.17, 15) is 9.59 Å². The van der Waals surface area contributed by atoms with Crippen LogP contribution in [-0.4, -0.2) is 44.2 Å². The van der Waals surface area contributed by atoms with E-state index in [0.717, 1.165) is 31.8 Å². The SMILES string of the molecule is COc1ccc(N2C(=O)/C(=C/c3ccc(N4CCCC4)o3)C(=O)NC2=S)c(OC)c1. The molecule has 156 valence electrons. The van der Waals surface area contributed by atoms with Gasteiger partial charge < -0.3 is 18.8 Å². The van der Waals surface area contributed by atoms with E-state index >= 15 is 0 Å². The number of hydrogen-bond acceptors (Lipinski definition) is 7. The fraction of sp³-hybridized carbons (Fsp3) is 0.286. The fourth-order valence-electron chi connectivity index (χ4n) is 3.52. The van der Waals surface area contributed by atoms with Crippen LogP contribution in [0.2, 0.25) is 0 Å². The Labute approximate surface area is 179 Å². The standard InChI is InChI=1S/C21H21N3O5S/c1-27-13-5-7-16(17(12-13)28-2)24-20(26)15(19(25)22-21(24)30)11-14-6-8-18(29-14)23-9-3-4-10-23/h5-8,11-12H,3-4,9-10H2,1-2H3,(H,22,25,30)/b15-11+. The number of thiocarbonyl (C=S) groups is 1. The summed E-state index contributed by atoms with van der Waals surface area (Å²) in [4.78, 5) is 29.1. The highest BCUT2D eigenvalue weighted by Gasteiger charge is 2.36. The summed E-state index contributed by atoms with van der Waals surface area (Å²) in [6.45, 7) is 1.87. The normalized spacial score (nSPS) is 18.2. The molecule has 8 nitrogen and oxygen atoms in total. The second kappa shape index (κ2) is 8.19. The van der Waals surface area contributed by atoms with Gasteiger partial charge in [-0.15, -0.1) is 0 Å². The van der Waals surface area contributed by atoms with Crippen molar-refractivity contribution in [3.63, 3.8) is 0 Å². The van der Waals surface area contributed by atoms with Gasteiger partial charge in [-0.25, -0.2) is 4.90 Å². The number of hydrogen-bond donors (Lipinski definition) is 1. The molecule has 0 atom stereocenters. The van der Waals surface area contributed by atoms with Crippen LogP contribution in [0.25, 0.3) is 6.08 Å². The molecule has 0 radical (unpaired) electrons. The quantitative estimate of drug-likeness (QED) is 0.446. The summed E-state index contributed by atoms with van der Waals surface area (Å²) in [6, 6.07) is 8.56. The van der Waals surface area contributed by atoms with Gasteiger partial charge in [-0.2, -0.15) is 0 Å². The summed E-state index contributed by atoms with van der Waals surface area (Å²) in [5.41, 5.74) is 0.320. The van der Waals surface area contributed by atoms with Crippen molar-refractivity contribution in [1.29, 1.82) is 0 Å². The third-order valence-corrected chi connectivity index (χ3v) is 5.33. The van der Waals surface area contributed by atoms with Crippen molar-refractivity contribution in [3.8, 4) is 11.5 Å². The number of carbonyl (C=O) groups excluding carboxylic acids is 2. The molecule has 3 heterocycles. The number of rotatable bonds is 5. The summed E-state index contributed by atoms with van der Waals surface area (Å²) in [7, 11) is 3.01. The van der Waals surface area contributed by atoms with Gasteiger partial charge in [0.25, 0.3) is 11.8 Å². The van der Waals surface area contributed by atoms with Gasteiger partial charge in [0.15, 0.2) is 11.0 Å². The number of amides is 2. The summed E-state index contributed by atoms with van der Waals surface area (Å²) >= 11 is 5.26. The molecule has 0 aliphatic carbocycles. The molecular formula is C21H21N3O5S. The minimum absolute atomic E-state index is 0.0252. The molecule has 2 aliphatic rings. The van der Waals surface area contributed by atoms with Crippen molar-refractivity contribution in [2.45, 2.75) is 12.8 Å². The zero-order chi connectivity index (χ0) is 21.3. The minimum atomic E-state index is -0.576. The van der Waals surface area contributed by atoms with Crippen LogP contribution in [-0.2, 0) is 9.59 Å². The third-order valence-electron chi connectivity index (χ3n) is 5.05. The number of ether oxygens (including phenoxy) is 2. The highest BCUT2D eigenvalue weighted by atomic mass is 32.1. The Bertz CT molecular complexity index is 1040. The number of nitrogens with one attached hydrogen (secondary N) is 1. The Hall–Kier alpha value is -3.33. The molecule has 0 saturated carbocycles. The molecule has 30 heavy (non-hydrogen) atoms. The Kier molecular flexibility index (Phi) is 5.45. The summed E-state index contributed by atoms with van der Waals surface area (Å²) in [5, 5.41) is 2.54. The van der Waals surface area contributed by atoms with Gasteiger partial charge in [-0.3, -0.25) is 14.9 Å². The van der Waals surface area contributed by atoms with E-state index in [2.05, 4.69) is 10.2 Å². The summed E-state index contributed by atoms with van der Waals surface area (Å²) < 4.78 is 16.4. The molecule has 0 bridgehead atoms. The molecule has 2 amide bonds. The van der Waals surface area contributed by atoms with Crippen molar-refractivity contribution in [2.75, 3.05) is 37.1 Å². The highest BCUT2D eigenvalue weighted by Crippen LogP contribution is 2.34. The number of anilines is 2. The number of benzene rings is 1. The zero-order valence-electron chi connectivity index (χ0n) is 16.6. The largest absolute Gasteiger partial charge is 0.497 e. The van der Waals surface area contributed by atoms with E-state index in [0.29, 0.717) is 22.9 Å². The lowest BCUT2D eigenvalue weighted by Gasteiger charge is -2.29. The van der Waals surface area contributed by atoms with Crippen LogP contribution >= 0.6 is 12.2 Å². The van der Waals surface area contributed by atoms with Crippen molar-refractivity contribution in [3.05, 3.63) is 41.7 Å². The van der Waals surface area contributed by atoms with Crippen LogP contribution in [0.5, 0.6) is 11.5 Å². The van der Waals surface area contributed by atoms with E-state index in [1.54, 1.807) is 24.3 Å². The molecule has 9 heteroatoms. The van der Waals surface area contributed by atoms with Crippen molar-refractivity contribution >= 4 is 46.8 Å². The Morgan fingerprint density at radius 1 is 1.10 bits per heavy atom. The minimum Gasteiger partial charge on any atom is -0.497 e. The van der Waals surface area contributed by atoms with Crippen LogP contribution in [0.3, 0.4) is 0 Å². The molecule has 2 aliphatic heterocycles. The van der Waals surface area contributed by atoms with Gasteiger partial charge >= 0.3 is 0 Å². The average molecular weight is 427 g/mol. The fourth-order valence-corrected chi connectivity index (χ4v) is 3.79. The lowest BCUT2D eigenvalue weighted by Crippen LogP contribution is -2.54. The first kappa shape index (κ1) is 20.0. The zero-order valence-corrected chi connectivity index (χ0v) is 17.5. The predicted molar refractivity (Wildman–Crippen MR) is 116 cm³/mol. The van der Waals surface area contributed by atoms with Crippen LogP contribution in [0.4, 0.5) is 11.6 Å². The van der Waals surface area contributed by atoms with Gasteiger partial charge in [0.05, 0.1) is 19.9 Å². The van der Waals surface area contributed by atoms with Crippen molar-refractivity contribution < 1.29 is 23.5 Å². The lowest BCUT2D eigenvalue weighted by molar-refractivity contribution is -0.122. The maximum atomic E-state index is 13.2. The van der Waals surface area contributed by atoms with E-state index in [1.807, 2.05) is 6.07 Å². The molecule has 2 aromatic rings. The monoisotopic (exact) mass is 427 g/mol. The van der Waals surface area contributed by atoms with Crippen LogP contribution in [0, 0.1) is 0 Å². The molecule has 0 unspecified atom stereocenters. The van der Waals surface area contributed by atoms with Gasteiger partial charge in [0, 0.05) is 25.2 Å². The van der Waals surface area contributed by atoms with Crippen molar-refractivity contribution in [1.82, 2.24) is 5.32 Å². The summed E-state index contributed by atoms with van der Waals surface area (Å²) in [6.07, 6.45) is 3.67. The first-order chi connectivity index (χ1) is 14.5. The van der Waals surface area contributed by atoms with E-state index in [-0.39, 0.29) is 10.7 Å². The molecule has 2 fully saturated rings. The molecule has 1 N–H and O–H groups in total. The summed E-state index contributed by atoms with van der Waals surface area (Å²) in [5.74, 6) is 0.960. The van der Waals surface area contributed by atoms with Gasteiger partial charge in [-0.1, -0.05) is 0 Å². The van der Waals surface area contributed by atoms with Crippen LogP contribution in [0.15, 0.2) is 40.3 Å². The Morgan fingerprint density at radius 3 is 2.57 bits per heavy atom. The Morgan fingerprint density at radius 2 is 1.87 bits per heavy atom. The van der Waals surface area contributed by atoms with Crippen molar-refractivity contribution in [2.24, 2.45) is 0 Å². The van der Waals surface area contributed by atoms with Crippen LogP contribution in [0.1, 0.15) is 18.6 Å². The van der Waals surface area contributed by atoms with Gasteiger partial charge in [0.2, 0.25) is 0 Å². The maximum Gasteiger partial charge on any atom is 0.270 e. The predicted octanol–water partition coefficient (Wildman–Crippen LogP) is 2.73. The van der Waals surface area contributed by atoms with Gasteiger partial charge in [0.1, 0.15) is 22.8 Å². The molecule has 1 aromatic carbocycles. The molecule has 1 aromatic heterocycles. The van der Waals surface area contributed by atoms with E-state index in [4.69, 9.17) is 26.1 Å².